The predicted octanol–water partition coefficient (Wildman–Crippen LogP) is 2.21. The molecule has 14 heavy (non-hydrogen) atoms. The molecule has 0 bridgehead atoms. The van der Waals surface area contributed by atoms with Crippen molar-refractivity contribution in [2.75, 3.05) is 20.3 Å². The third kappa shape index (κ3) is 11.4. The summed E-state index contributed by atoms with van der Waals surface area (Å²) in [6.07, 6.45) is 2.11. The molecule has 3 heteroatoms. The van der Waals surface area contributed by atoms with Gasteiger partial charge in [0.2, 0.25) is 5.91 Å². The summed E-state index contributed by atoms with van der Waals surface area (Å²) < 4.78 is 4.97. The molecule has 0 radical (unpaired) electrons. The van der Waals surface area contributed by atoms with Gasteiger partial charge in [-0.1, -0.05) is 27.2 Å². The lowest BCUT2D eigenvalue weighted by Gasteiger charge is -2.13. The van der Waals surface area contributed by atoms with E-state index in [4.69, 9.17) is 4.74 Å². The van der Waals surface area contributed by atoms with E-state index in [0.717, 1.165) is 26.0 Å². The summed E-state index contributed by atoms with van der Waals surface area (Å²) in [7, 11) is 1.70. The summed E-state index contributed by atoms with van der Waals surface area (Å²) in [5.74, 6) is 0.597. The molecule has 0 aromatic rings. The fraction of sp³-hybridized carbons (Fsp3) is 0.909. The maximum Gasteiger partial charge on any atom is 0.216 e. The van der Waals surface area contributed by atoms with Crippen LogP contribution in [0.1, 0.15) is 40.5 Å². The van der Waals surface area contributed by atoms with E-state index < -0.39 is 0 Å². The summed E-state index contributed by atoms with van der Waals surface area (Å²) in [6.45, 7) is 9.22. The maximum absolute atomic E-state index is 10.6. The summed E-state index contributed by atoms with van der Waals surface area (Å²) >= 11 is 0. The average molecular weight is 203 g/mol. The third-order valence-electron chi connectivity index (χ3n) is 1.95. The van der Waals surface area contributed by atoms with E-state index >= 15 is 0 Å². The van der Waals surface area contributed by atoms with Crippen molar-refractivity contribution in [1.29, 1.82) is 0 Å². The van der Waals surface area contributed by atoms with Crippen LogP contribution in [0.5, 0.6) is 0 Å². The van der Waals surface area contributed by atoms with Gasteiger partial charge in [0, 0.05) is 27.2 Å². The molecule has 0 aliphatic rings. The fourth-order valence-corrected chi connectivity index (χ4v) is 1.02. The van der Waals surface area contributed by atoms with Crippen LogP contribution in [-0.2, 0) is 9.53 Å². The smallest absolute Gasteiger partial charge is 0.216 e. The van der Waals surface area contributed by atoms with Crippen molar-refractivity contribution in [2.45, 2.75) is 40.5 Å². The van der Waals surface area contributed by atoms with E-state index in [9.17, 15) is 4.79 Å². The molecular weight excluding hydrogens is 178 g/mol. The number of nitrogens with one attached hydrogen (secondary N) is 1. The van der Waals surface area contributed by atoms with E-state index in [1.54, 1.807) is 14.0 Å². The minimum atomic E-state index is 0.0471. The first-order chi connectivity index (χ1) is 6.70. The number of methoxy groups -OCH3 is 1. The van der Waals surface area contributed by atoms with Crippen LogP contribution >= 0.6 is 0 Å². The minimum absolute atomic E-state index is 0.0471. The Morgan fingerprint density at radius 1 is 1.43 bits per heavy atom. The first-order valence-electron chi connectivity index (χ1n) is 5.44. The van der Waals surface area contributed by atoms with Crippen molar-refractivity contribution in [3.63, 3.8) is 0 Å². The van der Waals surface area contributed by atoms with Gasteiger partial charge in [-0.2, -0.15) is 0 Å². The molecule has 0 rings (SSSR count). The second-order valence-electron chi connectivity index (χ2n) is 2.99. The molecule has 0 spiro atoms. The van der Waals surface area contributed by atoms with Gasteiger partial charge < -0.3 is 10.1 Å². The first kappa shape index (κ1) is 15.9. The molecule has 0 aliphatic carbocycles. The molecule has 0 aromatic heterocycles. The van der Waals surface area contributed by atoms with E-state index in [1.165, 1.54) is 0 Å². The zero-order valence-electron chi connectivity index (χ0n) is 10.2. The quantitative estimate of drug-likeness (QED) is 0.718. The molecule has 0 heterocycles. The molecule has 3 nitrogen and oxygen atoms in total. The van der Waals surface area contributed by atoms with Gasteiger partial charge in [-0.25, -0.2) is 0 Å². The number of amides is 1. The number of rotatable bonds is 6. The number of ether oxygens (including phenoxy) is 1. The van der Waals surface area contributed by atoms with Gasteiger partial charge >= 0.3 is 0 Å². The standard InChI is InChI=1S/C9H19NO2.C2H6/c1-4-9(5-6-12-3)7-10-8(2)11;1-2/h9H,4-7H2,1-3H3,(H,10,11);1-2H3. The molecular formula is C11H25NO2. The summed E-state index contributed by atoms with van der Waals surface area (Å²) in [5.41, 5.74) is 0. The van der Waals surface area contributed by atoms with Gasteiger partial charge in [0.15, 0.2) is 0 Å². The number of carbonyl (C=O) groups excluding carboxylic acids is 1. The topological polar surface area (TPSA) is 38.3 Å². The Balaban J connectivity index is 0. The molecule has 0 saturated carbocycles. The Labute approximate surface area is 88.2 Å². The first-order valence-corrected chi connectivity index (χ1v) is 5.44. The average Bonchev–Trinajstić information content (AvgIpc) is 2.21. The Morgan fingerprint density at radius 3 is 2.36 bits per heavy atom. The lowest BCUT2D eigenvalue weighted by atomic mass is 10.0. The molecule has 1 unspecified atom stereocenters. The predicted molar refractivity (Wildman–Crippen MR) is 60.3 cm³/mol. The Hall–Kier alpha value is -0.570. The minimum Gasteiger partial charge on any atom is -0.385 e. The second kappa shape index (κ2) is 12.4. The molecule has 0 saturated heterocycles. The van der Waals surface area contributed by atoms with Crippen LogP contribution in [0.25, 0.3) is 0 Å². The van der Waals surface area contributed by atoms with Gasteiger partial charge in [0.1, 0.15) is 0 Å². The van der Waals surface area contributed by atoms with Crippen LogP contribution in [0.15, 0.2) is 0 Å². The highest BCUT2D eigenvalue weighted by molar-refractivity contribution is 5.72. The number of hydrogen-bond acceptors (Lipinski definition) is 2. The number of carbonyl (C=O) groups is 1. The molecule has 86 valence electrons. The van der Waals surface area contributed by atoms with E-state index in [0.29, 0.717) is 5.92 Å². The molecule has 0 fully saturated rings. The van der Waals surface area contributed by atoms with Gasteiger partial charge in [0.05, 0.1) is 0 Å². The van der Waals surface area contributed by atoms with E-state index in [1.807, 2.05) is 13.8 Å². The van der Waals surface area contributed by atoms with Crippen molar-refractivity contribution in [1.82, 2.24) is 5.32 Å². The van der Waals surface area contributed by atoms with Gasteiger partial charge in [-0.3, -0.25) is 4.79 Å². The fourth-order valence-electron chi connectivity index (χ4n) is 1.02. The molecule has 0 aliphatic heterocycles. The molecule has 0 aromatic carbocycles. The highest BCUT2D eigenvalue weighted by Crippen LogP contribution is 2.06. The SMILES string of the molecule is CC.CCC(CCOC)CNC(C)=O. The summed E-state index contributed by atoms with van der Waals surface area (Å²) in [4.78, 5) is 10.6. The maximum atomic E-state index is 10.6. The monoisotopic (exact) mass is 203 g/mol. The Morgan fingerprint density at radius 2 is 2.00 bits per heavy atom. The van der Waals surface area contributed by atoms with Crippen LogP contribution in [0.3, 0.4) is 0 Å². The Bertz CT molecular complexity index is 126. The highest BCUT2D eigenvalue weighted by atomic mass is 16.5. The lowest BCUT2D eigenvalue weighted by Crippen LogP contribution is -2.27. The van der Waals surface area contributed by atoms with Crippen LogP contribution in [0.4, 0.5) is 0 Å². The molecule has 1 atom stereocenters. The van der Waals surface area contributed by atoms with E-state index in [2.05, 4.69) is 12.2 Å². The summed E-state index contributed by atoms with van der Waals surface area (Å²) in [6, 6.07) is 0. The summed E-state index contributed by atoms with van der Waals surface area (Å²) in [5, 5.41) is 2.81. The van der Waals surface area contributed by atoms with Crippen LogP contribution in [-0.4, -0.2) is 26.2 Å². The molecule has 1 N–H and O–H groups in total. The largest absolute Gasteiger partial charge is 0.385 e. The van der Waals surface area contributed by atoms with Crippen LogP contribution in [0.2, 0.25) is 0 Å². The Kier molecular flexibility index (Phi) is 14.1. The lowest BCUT2D eigenvalue weighted by molar-refractivity contribution is -0.119. The zero-order chi connectivity index (χ0) is 11.4. The van der Waals surface area contributed by atoms with Crippen LogP contribution < -0.4 is 5.32 Å². The van der Waals surface area contributed by atoms with Crippen molar-refractivity contribution in [2.24, 2.45) is 5.92 Å². The van der Waals surface area contributed by atoms with Gasteiger partial charge in [0.25, 0.3) is 0 Å². The number of hydrogen-bond donors (Lipinski definition) is 1. The highest BCUT2D eigenvalue weighted by Gasteiger charge is 2.05. The van der Waals surface area contributed by atoms with Crippen molar-refractivity contribution < 1.29 is 9.53 Å². The van der Waals surface area contributed by atoms with Gasteiger partial charge in [-0.05, 0) is 12.3 Å². The normalized spacial score (nSPS) is 11.2. The van der Waals surface area contributed by atoms with Crippen molar-refractivity contribution in [3.05, 3.63) is 0 Å². The second-order valence-corrected chi connectivity index (χ2v) is 2.99. The molecule has 1 amide bonds. The van der Waals surface area contributed by atoms with E-state index in [-0.39, 0.29) is 5.91 Å². The van der Waals surface area contributed by atoms with Gasteiger partial charge in [-0.15, -0.1) is 0 Å². The van der Waals surface area contributed by atoms with Crippen molar-refractivity contribution in [3.8, 4) is 0 Å². The van der Waals surface area contributed by atoms with Crippen molar-refractivity contribution >= 4 is 5.91 Å². The van der Waals surface area contributed by atoms with Crippen LogP contribution in [0, 0.1) is 5.92 Å². The third-order valence-corrected chi connectivity index (χ3v) is 1.95. The zero-order valence-corrected chi connectivity index (χ0v) is 10.2.